The molecular weight excluding hydrogens is 444 g/mol. The number of amides is 1. The van der Waals surface area contributed by atoms with Gasteiger partial charge in [-0.05, 0) is 61.5 Å². The molecule has 2 saturated heterocycles. The summed E-state index contributed by atoms with van der Waals surface area (Å²) in [7, 11) is 0. The zero-order valence-corrected chi connectivity index (χ0v) is 21.1. The van der Waals surface area contributed by atoms with Crippen LogP contribution in [0.5, 0.6) is 0 Å². The summed E-state index contributed by atoms with van der Waals surface area (Å²) in [6.07, 6.45) is 10.2. The second kappa shape index (κ2) is 8.63. The summed E-state index contributed by atoms with van der Waals surface area (Å²) in [4.78, 5) is 32.1. The Bertz CT molecular complexity index is 1250. The third-order valence-electron chi connectivity index (χ3n) is 7.78. The van der Waals surface area contributed by atoms with E-state index in [1.165, 1.54) is 41.6 Å². The van der Waals surface area contributed by atoms with Crippen molar-refractivity contribution in [2.45, 2.75) is 65.2 Å². The van der Waals surface area contributed by atoms with Crippen molar-refractivity contribution >= 4 is 49.3 Å². The van der Waals surface area contributed by atoms with Crippen molar-refractivity contribution < 1.29 is 4.79 Å². The van der Waals surface area contributed by atoms with Crippen LogP contribution < -0.4 is 10.2 Å². The smallest absolute Gasteiger partial charge is 0.222 e. The van der Waals surface area contributed by atoms with Crippen molar-refractivity contribution in [3.63, 3.8) is 0 Å². The maximum atomic E-state index is 11.9. The molecular formula is C26H34N6OS. The summed E-state index contributed by atoms with van der Waals surface area (Å²) in [5.74, 6) is 2.41. The molecule has 0 saturated carbocycles. The SMILES string of the molecule is CC1(C)CCc2c(N3CCCC3)nc3sc4c(NCCCN5CCCC5=O)ncnc4c3c2C1. The molecule has 3 aromatic heterocycles. The Kier molecular flexibility index (Phi) is 5.59. The molecule has 0 radical (unpaired) electrons. The molecule has 3 aromatic rings. The Hall–Kier alpha value is -2.48. The number of likely N-dealkylation sites (tertiary alicyclic amines) is 1. The van der Waals surface area contributed by atoms with Crippen LogP contribution in [0.3, 0.4) is 0 Å². The van der Waals surface area contributed by atoms with Gasteiger partial charge in [-0.1, -0.05) is 13.8 Å². The highest BCUT2D eigenvalue weighted by molar-refractivity contribution is 7.26. The van der Waals surface area contributed by atoms with E-state index in [0.29, 0.717) is 17.7 Å². The number of nitrogens with zero attached hydrogens (tertiary/aromatic N) is 5. The Balaban J connectivity index is 1.35. The average Bonchev–Trinajstić information content (AvgIpc) is 3.55. The van der Waals surface area contributed by atoms with E-state index in [1.807, 2.05) is 4.90 Å². The second-order valence-electron chi connectivity index (χ2n) is 10.9. The fourth-order valence-electron chi connectivity index (χ4n) is 5.92. The average molecular weight is 479 g/mol. The van der Waals surface area contributed by atoms with E-state index >= 15 is 0 Å². The van der Waals surface area contributed by atoms with E-state index in [0.717, 1.165) is 79.3 Å². The Labute approximate surface area is 205 Å². The molecule has 0 atom stereocenters. The van der Waals surface area contributed by atoms with Gasteiger partial charge in [-0.15, -0.1) is 11.3 Å². The summed E-state index contributed by atoms with van der Waals surface area (Å²) in [6.45, 7) is 9.52. The fourth-order valence-corrected chi connectivity index (χ4v) is 7.04. The van der Waals surface area contributed by atoms with Gasteiger partial charge >= 0.3 is 0 Å². The maximum absolute atomic E-state index is 11.9. The highest BCUT2D eigenvalue weighted by Gasteiger charge is 2.33. The van der Waals surface area contributed by atoms with E-state index in [-0.39, 0.29) is 0 Å². The molecule has 0 spiro atoms. The van der Waals surface area contributed by atoms with Crippen LogP contribution in [-0.4, -0.2) is 58.5 Å². The van der Waals surface area contributed by atoms with E-state index in [4.69, 9.17) is 9.97 Å². The molecule has 3 aliphatic rings. The van der Waals surface area contributed by atoms with Gasteiger partial charge in [0.2, 0.25) is 5.91 Å². The number of carbonyl (C=O) groups excluding carboxylic acids is 1. The van der Waals surface area contributed by atoms with Gasteiger partial charge in [0, 0.05) is 44.5 Å². The van der Waals surface area contributed by atoms with Crippen LogP contribution >= 0.6 is 11.3 Å². The molecule has 8 heteroatoms. The van der Waals surface area contributed by atoms with Crippen LogP contribution in [0, 0.1) is 5.41 Å². The Morgan fingerprint density at radius 2 is 1.94 bits per heavy atom. The Morgan fingerprint density at radius 3 is 2.74 bits per heavy atom. The van der Waals surface area contributed by atoms with Crippen LogP contribution in [0.2, 0.25) is 0 Å². The Morgan fingerprint density at radius 1 is 1.09 bits per heavy atom. The van der Waals surface area contributed by atoms with Crippen LogP contribution in [-0.2, 0) is 17.6 Å². The third kappa shape index (κ3) is 3.89. The lowest BCUT2D eigenvalue weighted by Gasteiger charge is -2.34. The topological polar surface area (TPSA) is 74.2 Å². The first-order chi connectivity index (χ1) is 16.5. The minimum atomic E-state index is 0.291. The fraction of sp³-hybridized carbons (Fsp3) is 0.615. The molecule has 0 bridgehead atoms. The van der Waals surface area contributed by atoms with Crippen molar-refractivity contribution in [1.29, 1.82) is 0 Å². The van der Waals surface area contributed by atoms with Gasteiger partial charge in [0.1, 0.15) is 22.8 Å². The molecule has 0 aromatic carbocycles. The zero-order valence-electron chi connectivity index (χ0n) is 20.3. The lowest BCUT2D eigenvalue weighted by Crippen LogP contribution is -2.27. The molecule has 1 N–H and O–H groups in total. The van der Waals surface area contributed by atoms with Crippen molar-refractivity contribution in [3.05, 3.63) is 17.5 Å². The van der Waals surface area contributed by atoms with Crippen molar-refractivity contribution in [1.82, 2.24) is 19.9 Å². The number of hydrogen-bond acceptors (Lipinski definition) is 7. The molecule has 1 aliphatic carbocycles. The summed E-state index contributed by atoms with van der Waals surface area (Å²) in [5.41, 5.74) is 4.25. The van der Waals surface area contributed by atoms with E-state index in [2.05, 4.69) is 29.0 Å². The number of pyridine rings is 1. The summed E-state index contributed by atoms with van der Waals surface area (Å²) >= 11 is 1.73. The van der Waals surface area contributed by atoms with Crippen LogP contribution in [0.4, 0.5) is 11.6 Å². The molecule has 34 heavy (non-hydrogen) atoms. The van der Waals surface area contributed by atoms with Gasteiger partial charge in [0.05, 0.1) is 10.2 Å². The highest BCUT2D eigenvalue weighted by Crippen LogP contribution is 2.46. The van der Waals surface area contributed by atoms with E-state index in [9.17, 15) is 4.79 Å². The number of nitrogens with one attached hydrogen (secondary N) is 1. The van der Waals surface area contributed by atoms with Crippen molar-refractivity contribution in [2.75, 3.05) is 42.9 Å². The second-order valence-corrected chi connectivity index (χ2v) is 11.9. The number of thiophene rings is 1. The lowest BCUT2D eigenvalue weighted by atomic mass is 9.73. The molecule has 5 heterocycles. The van der Waals surface area contributed by atoms with Gasteiger partial charge in [-0.3, -0.25) is 4.79 Å². The lowest BCUT2D eigenvalue weighted by molar-refractivity contribution is -0.127. The zero-order chi connectivity index (χ0) is 23.3. The number of anilines is 2. The first-order valence-corrected chi connectivity index (χ1v) is 13.7. The number of rotatable bonds is 6. The maximum Gasteiger partial charge on any atom is 0.222 e. The van der Waals surface area contributed by atoms with Gasteiger partial charge in [-0.2, -0.15) is 0 Å². The number of carbonyl (C=O) groups is 1. The third-order valence-corrected chi connectivity index (χ3v) is 8.86. The summed E-state index contributed by atoms with van der Waals surface area (Å²) < 4.78 is 1.10. The standard InChI is InChI=1S/C26H34N6OS/c1-26(2)9-8-17-18(15-26)20-21-22(34-25(20)30-24(17)32-11-3-4-12-32)23(29-16-28-21)27-10-6-14-31-13-5-7-19(31)33/h16H,3-15H2,1-2H3,(H,27,28,29). The predicted octanol–water partition coefficient (Wildman–Crippen LogP) is 4.78. The normalized spacial score (nSPS) is 20.0. The van der Waals surface area contributed by atoms with Crippen molar-refractivity contribution in [2.24, 2.45) is 5.41 Å². The van der Waals surface area contributed by atoms with Crippen LogP contribution in [0.15, 0.2) is 6.33 Å². The van der Waals surface area contributed by atoms with Crippen LogP contribution in [0.1, 0.15) is 63.5 Å². The van der Waals surface area contributed by atoms with Gasteiger partial charge in [0.15, 0.2) is 0 Å². The summed E-state index contributed by atoms with van der Waals surface area (Å²) in [5, 5.41) is 4.79. The van der Waals surface area contributed by atoms with Gasteiger partial charge in [-0.25, -0.2) is 15.0 Å². The number of aromatic nitrogens is 3. The predicted molar refractivity (Wildman–Crippen MR) is 139 cm³/mol. The largest absolute Gasteiger partial charge is 0.369 e. The van der Waals surface area contributed by atoms with E-state index < -0.39 is 0 Å². The molecule has 2 aliphatic heterocycles. The van der Waals surface area contributed by atoms with Crippen molar-refractivity contribution in [3.8, 4) is 0 Å². The first kappa shape index (κ1) is 22.0. The highest BCUT2D eigenvalue weighted by atomic mass is 32.1. The molecule has 2 fully saturated rings. The minimum Gasteiger partial charge on any atom is -0.369 e. The van der Waals surface area contributed by atoms with Gasteiger partial charge < -0.3 is 15.1 Å². The van der Waals surface area contributed by atoms with Gasteiger partial charge in [0.25, 0.3) is 0 Å². The molecule has 0 unspecified atom stereocenters. The van der Waals surface area contributed by atoms with Crippen LogP contribution in [0.25, 0.3) is 20.4 Å². The molecule has 1 amide bonds. The summed E-state index contributed by atoms with van der Waals surface area (Å²) in [6, 6.07) is 0. The number of fused-ring (bicyclic) bond motifs is 5. The molecule has 6 rings (SSSR count). The quantitative estimate of drug-likeness (QED) is 0.514. The van der Waals surface area contributed by atoms with E-state index in [1.54, 1.807) is 17.7 Å². The first-order valence-electron chi connectivity index (χ1n) is 12.9. The molecule has 7 nitrogen and oxygen atoms in total. The monoisotopic (exact) mass is 478 g/mol. The number of hydrogen-bond donors (Lipinski definition) is 1. The minimum absolute atomic E-state index is 0.291. The molecule has 180 valence electrons.